The highest BCUT2D eigenvalue weighted by molar-refractivity contribution is 7.71. The SMILES string of the molecule is O=c1[nH]c(=S)n(CCc2ccc(O)cc2)c(O)c1C=c1ccc(=c2ccc(=C3N=NN=N3)cc2)[nH]1. The number of hydrogen-bond acceptors (Lipinski definition) is 8. The molecule has 0 amide bonds. The van der Waals surface area contributed by atoms with Gasteiger partial charge in [0.25, 0.3) is 5.56 Å². The molecule has 0 unspecified atom stereocenters. The summed E-state index contributed by atoms with van der Waals surface area (Å²) in [6, 6.07) is 18.0. The van der Waals surface area contributed by atoms with Crippen LogP contribution in [0.1, 0.15) is 11.1 Å². The van der Waals surface area contributed by atoms with Gasteiger partial charge in [-0.15, -0.1) is 10.2 Å². The van der Waals surface area contributed by atoms with Crippen molar-refractivity contribution < 1.29 is 10.2 Å². The maximum atomic E-state index is 12.6. The normalized spacial score (nSPS) is 13.1. The second-order valence-corrected chi connectivity index (χ2v) is 8.20. The Morgan fingerprint density at radius 3 is 2.29 bits per heavy atom. The molecule has 0 atom stereocenters. The van der Waals surface area contributed by atoms with Crippen LogP contribution in [0.3, 0.4) is 0 Å². The van der Waals surface area contributed by atoms with E-state index in [1.54, 1.807) is 30.3 Å². The average molecular weight is 486 g/mol. The third-order valence-electron chi connectivity index (χ3n) is 5.55. The molecule has 0 saturated carbocycles. The number of rotatable bonds is 4. The van der Waals surface area contributed by atoms with E-state index in [4.69, 9.17) is 12.2 Å². The van der Waals surface area contributed by atoms with Crippen LogP contribution in [0.2, 0.25) is 0 Å². The minimum atomic E-state index is -0.481. The Balaban J connectivity index is 1.50. The van der Waals surface area contributed by atoms with Gasteiger partial charge in [0, 0.05) is 22.5 Å². The first-order valence-electron chi connectivity index (χ1n) is 10.7. The lowest BCUT2D eigenvalue weighted by Crippen LogP contribution is -2.19. The van der Waals surface area contributed by atoms with Gasteiger partial charge in [0.05, 0.1) is 0 Å². The van der Waals surface area contributed by atoms with E-state index >= 15 is 0 Å². The number of phenols is 1. The number of aromatic hydroxyl groups is 2. The lowest BCUT2D eigenvalue weighted by molar-refractivity contribution is 0.402. The molecule has 5 rings (SSSR count). The first-order valence-corrected chi connectivity index (χ1v) is 11.1. The molecule has 4 aromatic rings. The third kappa shape index (κ3) is 4.70. The highest BCUT2D eigenvalue weighted by Gasteiger charge is 2.11. The van der Waals surface area contributed by atoms with Crippen LogP contribution in [0, 0.1) is 15.3 Å². The summed E-state index contributed by atoms with van der Waals surface area (Å²) in [5, 5.41) is 38.2. The van der Waals surface area contributed by atoms with Gasteiger partial charge >= 0.3 is 0 Å². The third-order valence-corrected chi connectivity index (χ3v) is 5.87. The van der Waals surface area contributed by atoms with Gasteiger partial charge in [-0.25, -0.2) is 0 Å². The summed E-state index contributed by atoms with van der Waals surface area (Å²) >= 11 is 5.26. The van der Waals surface area contributed by atoms with Gasteiger partial charge in [-0.05, 0) is 70.2 Å². The molecule has 1 aliphatic rings. The van der Waals surface area contributed by atoms with Crippen molar-refractivity contribution in [3.8, 4) is 11.6 Å². The van der Waals surface area contributed by atoms with Crippen molar-refractivity contribution in [3.63, 3.8) is 0 Å². The summed E-state index contributed by atoms with van der Waals surface area (Å²) in [6.07, 6.45) is 2.13. The van der Waals surface area contributed by atoms with Crippen LogP contribution in [0.4, 0.5) is 0 Å². The Kier molecular flexibility index (Phi) is 5.90. The first kappa shape index (κ1) is 22.2. The van der Waals surface area contributed by atoms with E-state index in [9.17, 15) is 15.0 Å². The van der Waals surface area contributed by atoms with Crippen LogP contribution >= 0.6 is 12.2 Å². The van der Waals surface area contributed by atoms with Crippen LogP contribution in [0.25, 0.3) is 11.9 Å². The summed E-state index contributed by atoms with van der Waals surface area (Å²) in [5.41, 5.74) is 0.575. The fourth-order valence-electron chi connectivity index (χ4n) is 3.70. The lowest BCUT2D eigenvalue weighted by atomic mass is 10.1. The molecule has 0 saturated heterocycles. The van der Waals surface area contributed by atoms with Crippen molar-refractivity contribution in [2.24, 2.45) is 20.7 Å². The van der Waals surface area contributed by atoms with Gasteiger partial charge in [-0.1, -0.05) is 36.4 Å². The van der Waals surface area contributed by atoms with Crippen molar-refractivity contribution in [1.29, 1.82) is 0 Å². The van der Waals surface area contributed by atoms with Crippen molar-refractivity contribution in [1.82, 2.24) is 14.5 Å². The summed E-state index contributed by atoms with van der Waals surface area (Å²) in [6.45, 7) is 0.355. The number of benzene rings is 2. The second-order valence-electron chi connectivity index (χ2n) is 7.82. The molecule has 0 radical (unpaired) electrons. The van der Waals surface area contributed by atoms with Crippen molar-refractivity contribution in [2.45, 2.75) is 13.0 Å². The van der Waals surface area contributed by atoms with E-state index < -0.39 is 5.56 Å². The first-order chi connectivity index (χ1) is 17.0. The Hall–Kier alpha value is -4.64. The zero-order chi connectivity index (χ0) is 24.4. The number of phenolic OH excluding ortho intramolecular Hbond substituents is 1. The molecule has 4 N–H and O–H groups in total. The van der Waals surface area contributed by atoms with Gasteiger partial charge in [0.1, 0.15) is 11.3 Å². The van der Waals surface area contributed by atoms with Crippen LogP contribution < -0.4 is 16.1 Å². The molecule has 1 aliphatic heterocycles. The van der Waals surface area contributed by atoms with E-state index in [1.165, 1.54) is 4.57 Å². The van der Waals surface area contributed by atoms with E-state index in [1.807, 2.05) is 36.4 Å². The van der Waals surface area contributed by atoms with E-state index in [2.05, 4.69) is 30.6 Å². The Bertz CT molecular complexity index is 1780. The smallest absolute Gasteiger partial charge is 0.262 e. The topological polar surface area (TPSA) is 143 Å². The van der Waals surface area contributed by atoms with E-state index in [0.29, 0.717) is 24.1 Å². The fraction of sp³-hybridized carbons (Fsp3) is 0.0833. The molecule has 3 heterocycles. The maximum absolute atomic E-state index is 12.6. The molecule has 35 heavy (non-hydrogen) atoms. The summed E-state index contributed by atoms with van der Waals surface area (Å²) in [4.78, 5) is 18.4. The number of aryl methyl sites for hydroxylation is 1. The average Bonchev–Trinajstić information content (AvgIpc) is 3.56. The Labute approximate surface area is 202 Å². The molecule has 2 aromatic heterocycles. The lowest BCUT2D eigenvalue weighted by Gasteiger charge is -2.11. The second kappa shape index (κ2) is 9.31. The molecule has 10 nitrogen and oxygen atoms in total. The standard InChI is InChI=1S/C24H19N7O3S/c32-18-8-1-14(2-9-18)11-12-31-23(34)19(22(33)26-24(31)35)13-17-7-10-20(25-17)15-3-5-16(6-4-15)21-27-29-30-28-21/h1-10,13,25,32,34H,11-12H2,(H,26,33,35). The summed E-state index contributed by atoms with van der Waals surface area (Å²) in [7, 11) is 0. The number of H-pyrrole nitrogens is 2. The Morgan fingerprint density at radius 1 is 0.886 bits per heavy atom. The molecule has 0 aliphatic carbocycles. The van der Waals surface area contributed by atoms with Gasteiger partial charge < -0.3 is 15.2 Å². The van der Waals surface area contributed by atoms with E-state index in [0.717, 1.165) is 21.3 Å². The maximum Gasteiger partial charge on any atom is 0.262 e. The van der Waals surface area contributed by atoms with Gasteiger partial charge in [-0.3, -0.25) is 14.3 Å². The van der Waals surface area contributed by atoms with Gasteiger partial charge in [0.2, 0.25) is 11.7 Å². The van der Waals surface area contributed by atoms with Crippen LogP contribution in [-0.4, -0.2) is 24.7 Å². The quantitative estimate of drug-likeness (QED) is 0.330. The minimum absolute atomic E-state index is 0.0985. The number of hydrogen-bond donors (Lipinski definition) is 4. The van der Waals surface area contributed by atoms with Crippen molar-refractivity contribution in [2.75, 3.05) is 0 Å². The van der Waals surface area contributed by atoms with E-state index in [-0.39, 0.29) is 22.0 Å². The predicted octanol–water partition coefficient (Wildman–Crippen LogP) is 2.90. The monoisotopic (exact) mass is 485 g/mol. The van der Waals surface area contributed by atoms with Crippen molar-refractivity contribution >= 4 is 24.1 Å². The van der Waals surface area contributed by atoms with Crippen molar-refractivity contribution in [3.05, 3.63) is 108 Å². The highest BCUT2D eigenvalue weighted by atomic mass is 32.1. The highest BCUT2D eigenvalue weighted by Crippen LogP contribution is 2.16. The molecular formula is C24H19N7O3S. The molecular weight excluding hydrogens is 466 g/mol. The molecule has 0 bridgehead atoms. The largest absolute Gasteiger partial charge is 0.508 e. The zero-order valence-electron chi connectivity index (χ0n) is 18.2. The minimum Gasteiger partial charge on any atom is -0.508 e. The van der Waals surface area contributed by atoms with Crippen LogP contribution in [0.15, 0.2) is 86.1 Å². The number of aromatic nitrogens is 3. The van der Waals surface area contributed by atoms with Crippen LogP contribution in [-0.2, 0) is 13.0 Å². The number of aromatic amines is 2. The van der Waals surface area contributed by atoms with Gasteiger partial charge in [-0.2, -0.15) is 0 Å². The molecule has 2 aromatic carbocycles. The summed E-state index contributed by atoms with van der Waals surface area (Å²) < 4.78 is 1.61. The molecule has 0 spiro atoms. The Morgan fingerprint density at radius 2 is 1.57 bits per heavy atom. The number of nitrogens with zero attached hydrogens (tertiary/aromatic N) is 5. The molecule has 11 heteroatoms. The van der Waals surface area contributed by atoms with Gasteiger partial charge in [0.15, 0.2) is 4.77 Å². The summed E-state index contributed by atoms with van der Waals surface area (Å²) in [5.74, 6) is 0.423. The molecule has 174 valence electrons. The zero-order valence-corrected chi connectivity index (χ0v) is 19.0. The number of nitrogens with one attached hydrogen (secondary N) is 2. The fourth-order valence-corrected chi connectivity index (χ4v) is 3.97. The van der Waals surface area contributed by atoms with Crippen LogP contribution in [0.5, 0.6) is 11.6 Å². The molecule has 0 fully saturated rings. The predicted molar refractivity (Wildman–Crippen MR) is 130 cm³/mol.